The molecule has 1 heterocycles. The SMILES string of the molecule is S[s+]1[nH]sss1. The number of hydrogen-bond donors (Lipinski definition) is 2. The van der Waals surface area contributed by atoms with Crippen molar-refractivity contribution in [3.8, 4) is 0 Å². The number of rotatable bonds is 0. The molecule has 0 aliphatic carbocycles. The fraction of sp³-hybridized carbons (Fsp3) is 0. The highest BCUT2D eigenvalue weighted by Crippen LogP contribution is 2.30. The Hall–Kier alpha value is 1.03. The second-order valence-corrected chi connectivity index (χ2v) is 8.76. The Morgan fingerprint density at radius 1 is 1.67 bits per heavy atom. The topological polar surface area (TPSA) is 15.8 Å². The zero-order valence-corrected chi connectivity index (χ0v) is 6.74. The number of thiol groups is 1. The van der Waals surface area contributed by atoms with Gasteiger partial charge in [-0.05, 0) is 0 Å². The van der Waals surface area contributed by atoms with E-state index in [2.05, 4.69) is 15.4 Å². The maximum atomic E-state index is 4.13. The molecule has 6 heteroatoms. The van der Waals surface area contributed by atoms with E-state index < -0.39 is 0 Å². The van der Waals surface area contributed by atoms with Crippen LogP contribution in [0.3, 0.4) is 0 Å². The van der Waals surface area contributed by atoms with Crippen molar-refractivity contribution >= 4 is 49.6 Å². The minimum atomic E-state index is 0.114. The van der Waals surface area contributed by atoms with Crippen molar-refractivity contribution in [2.75, 3.05) is 0 Å². The molecule has 1 N–H and O–H groups in total. The summed E-state index contributed by atoms with van der Waals surface area (Å²) in [6, 6.07) is 0. The van der Waals surface area contributed by atoms with Crippen LogP contribution in [0, 0.1) is 0 Å². The zero-order valence-electron chi connectivity index (χ0n) is 2.58. The molecule has 0 amide bonds. The van der Waals surface area contributed by atoms with Gasteiger partial charge in [0, 0.05) is 11.7 Å². The van der Waals surface area contributed by atoms with E-state index >= 15 is 0 Å². The smallest absolute Gasteiger partial charge is 0.129 e. The Balaban J connectivity index is 3.05. The predicted octanol–water partition coefficient (Wildman–Crippen LogP) is 2.77. The highest BCUT2D eigenvalue weighted by molar-refractivity contribution is 8.48. The molecule has 1 nitrogen and oxygen atoms in total. The third-order valence-electron chi connectivity index (χ3n) is 0.232. The lowest BCUT2D eigenvalue weighted by atomic mass is 13.9. The molecule has 0 aromatic carbocycles. The number of H-pyrrole nitrogens is 1. The minimum Gasteiger partial charge on any atom is -0.129 e. The van der Waals surface area contributed by atoms with Crippen LogP contribution in [0.5, 0.6) is 0 Å². The second-order valence-electron chi connectivity index (χ2n) is 0.552. The first kappa shape index (κ1) is 5.17. The monoisotopic (exact) mass is 176 g/mol. The van der Waals surface area contributed by atoms with E-state index in [0.29, 0.717) is 0 Å². The average molecular weight is 176 g/mol. The number of aromatic amines is 1. The van der Waals surface area contributed by atoms with Gasteiger partial charge in [0.05, 0.1) is 8.70 Å². The van der Waals surface area contributed by atoms with Crippen LogP contribution in [0.15, 0.2) is 0 Å². The summed E-state index contributed by atoms with van der Waals surface area (Å²) in [7, 11) is 5.26. The molecule has 0 aliphatic rings. The summed E-state index contributed by atoms with van der Waals surface area (Å²) in [5.41, 5.74) is 0. The lowest BCUT2D eigenvalue weighted by Crippen LogP contribution is -1.30. The van der Waals surface area contributed by atoms with E-state index in [1.807, 2.05) is 0 Å². The Labute approximate surface area is 53.2 Å². The van der Waals surface area contributed by atoms with Crippen LogP contribution in [-0.4, -0.2) is 3.76 Å². The molecule has 36 valence electrons. The molecule has 0 bridgehead atoms. The van der Waals surface area contributed by atoms with Gasteiger partial charge in [0.2, 0.25) is 9.34 Å². The summed E-state index contributed by atoms with van der Waals surface area (Å²) in [4.78, 5) is 0. The summed E-state index contributed by atoms with van der Waals surface area (Å²) < 4.78 is 3.05. The van der Waals surface area contributed by atoms with Crippen LogP contribution >= 0.6 is 49.6 Å². The molecule has 0 fully saturated rings. The lowest BCUT2D eigenvalue weighted by Gasteiger charge is -1.56. The largest absolute Gasteiger partial charge is 0.257 e. The van der Waals surface area contributed by atoms with Gasteiger partial charge in [-0.15, -0.1) is 3.76 Å². The van der Waals surface area contributed by atoms with Crippen molar-refractivity contribution in [2.45, 2.75) is 0 Å². The van der Waals surface area contributed by atoms with E-state index in [9.17, 15) is 0 Å². The van der Waals surface area contributed by atoms with Gasteiger partial charge in [-0.1, -0.05) is 0 Å². The van der Waals surface area contributed by atoms with Crippen LogP contribution in [0.25, 0.3) is 0 Å². The van der Waals surface area contributed by atoms with Gasteiger partial charge < -0.3 is 0 Å². The fourth-order valence-electron chi connectivity index (χ4n) is 0.0971. The van der Waals surface area contributed by atoms with Crippen LogP contribution in [-0.2, 0) is 0 Å². The Morgan fingerprint density at radius 2 is 2.50 bits per heavy atom. The molecule has 0 aliphatic heterocycles. The quantitative estimate of drug-likeness (QED) is 0.343. The third-order valence-corrected chi connectivity index (χ3v) is 9.40. The number of hydrogen-bond acceptors (Lipinski definition) is 4. The van der Waals surface area contributed by atoms with E-state index in [0.717, 1.165) is 0 Å². The van der Waals surface area contributed by atoms with Gasteiger partial charge in [0.1, 0.15) is 0 Å². The van der Waals surface area contributed by atoms with E-state index in [1.54, 1.807) is 29.2 Å². The third kappa shape index (κ3) is 1.27. The predicted molar refractivity (Wildman–Crippen MR) is 38.9 cm³/mol. The van der Waals surface area contributed by atoms with Crippen LogP contribution in [0.2, 0.25) is 0 Å². The molecule has 6 heavy (non-hydrogen) atoms. The second kappa shape index (κ2) is 2.37. The maximum absolute atomic E-state index is 4.13. The standard InChI is InChI=1S/H2NS5/c2-6-1-3-4-5-6/h1-2H/q+1. The van der Waals surface area contributed by atoms with Crippen molar-refractivity contribution in [1.29, 1.82) is 0 Å². The van der Waals surface area contributed by atoms with Gasteiger partial charge in [0.25, 0.3) is 10.5 Å². The first-order chi connectivity index (χ1) is 2.89. The van der Waals surface area contributed by atoms with Gasteiger partial charge in [-0.25, -0.2) is 0 Å². The minimum absolute atomic E-state index is 0.114. The Bertz CT molecular complexity index is 107. The van der Waals surface area contributed by atoms with Gasteiger partial charge in [-0.2, -0.15) is 0 Å². The molecular weight excluding hydrogens is 174 g/mol. The highest BCUT2D eigenvalue weighted by atomic mass is 33.6. The molecule has 0 saturated carbocycles. The van der Waals surface area contributed by atoms with E-state index in [4.69, 9.17) is 0 Å². The van der Waals surface area contributed by atoms with Crippen molar-refractivity contribution in [2.24, 2.45) is 0 Å². The fourth-order valence-corrected chi connectivity index (χ4v) is 9.88. The van der Waals surface area contributed by atoms with Gasteiger partial charge in [-0.3, -0.25) is 0 Å². The molecule has 1 unspecified atom stereocenters. The van der Waals surface area contributed by atoms with Crippen molar-refractivity contribution in [3.63, 3.8) is 0 Å². The van der Waals surface area contributed by atoms with Crippen LogP contribution in [0.4, 0.5) is 0 Å². The molecule has 1 aromatic heterocycles. The zero-order chi connectivity index (χ0) is 4.41. The Kier molecular flexibility index (Phi) is 2.04. The average Bonchev–Trinajstić information content (AvgIpc) is 1.86. The van der Waals surface area contributed by atoms with Crippen LogP contribution in [0.1, 0.15) is 0 Å². The molecule has 0 spiro atoms. The molecule has 1 rings (SSSR count). The number of aromatic nitrogens is 1. The molecule has 0 radical (unpaired) electrons. The normalized spacial score (nSPS) is 11.8. The van der Waals surface area contributed by atoms with E-state index in [-0.39, 0.29) is 8.70 Å². The van der Waals surface area contributed by atoms with E-state index in [1.165, 1.54) is 0 Å². The first-order valence-electron chi connectivity index (χ1n) is 1.09. The molecule has 1 aromatic rings. The lowest BCUT2D eigenvalue weighted by molar-refractivity contribution is 1.91. The molecule has 1 atom stereocenters. The van der Waals surface area contributed by atoms with Crippen molar-refractivity contribution in [3.05, 3.63) is 0 Å². The molecule has 0 saturated heterocycles. The summed E-state index contributed by atoms with van der Waals surface area (Å²) >= 11 is 4.13. The summed E-state index contributed by atoms with van der Waals surface area (Å²) in [5.74, 6) is 0. The van der Waals surface area contributed by atoms with Gasteiger partial charge in [0.15, 0.2) is 9.34 Å². The van der Waals surface area contributed by atoms with Gasteiger partial charge >= 0.3 is 0 Å². The van der Waals surface area contributed by atoms with Crippen molar-refractivity contribution < 1.29 is 0 Å². The maximum Gasteiger partial charge on any atom is 0.257 e. The first-order valence-corrected chi connectivity index (χ1v) is 7.37. The molecular formula is H2NS5+. The Morgan fingerprint density at radius 3 is 2.67 bits per heavy atom. The van der Waals surface area contributed by atoms with Crippen LogP contribution < -0.4 is 0 Å². The summed E-state index contributed by atoms with van der Waals surface area (Å²) in [5, 5.41) is 0. The highest BCUT2D eigenvalue weighted by Gasteiger charge is 1.89. The summed E-state index contributed by atoms with van der Waals surface area (Å²) in [6.45, 7) is 0. The number of nitrogens with one attached hydrogen (secondary N) is 1. The van der Waals surface area contributed by atoms with Crippen molar-refractivity contribution in [1.82, 2.24) is 3.76 Å². The summed E-state index contributed by atoms with van der Waals surface area (Å²) in [6.07, 6.45) is 0.